The second-order valence-corrected chi connectivity index (χ2v) is 5.15. The maximum absolute atomic E-state index is 12.3. The molecule has 1 heterocycles. The third-order valence-corrected chi connectivity index (χ3v) is 3.95. The molecule has 3 rings (SSSR count). The summed E-state index contributed by atoms with van der Waals surface area (Å²) in [5.41, 5.74) is 2.17. The van der Waals surface area contributed by atoms with E-state index in [1.165, 1.54) is 0 Å². The first-order chi connectivity index (χ1) is 9.20. The number of aromatic nitrogens is 1. The molecule has 0 radical (unpaired) electrons. The predicted molar refractivity (Wildman–Crippen MR) is 75.4 cm³/mol. The molecule has 1 aliphatic rings. The number of benzene rings is 1. The Morgan fingerprint density at radius 2 is 1.79 bits per heavy atom. The van der Waals surface area contributed by atoms with Crippen molar-refractivity contribution in [1.29, 1.82) is 0 Å². The molecule has 2 aromatic rings. The van der Waals surface area contributed by atoms with Gasteiger partial charge in [0.2, 0.25) is 0 Å². The molecule has 0 amide bonds. The average molecular weight is 276 g/mol. The molecule has 0 atom stereocenters. The fourth-order valence-corrected chi connectivity index (χ4v) is 2.89. The minimum absolute atomic E-state index is 0.0338. The Labute approximate surface area is 116 Å². The molecule has 1 aliphatic carbocycles. The van der Waals surface area contributed by atoms with Crippen molar-refractivity contribution >= 4 is 11.6 Å². The first kappa shape index (κ1) is 12.3. The highest BCUT2D eigenvalue weighted by molar-refractivity contribution is 6.32. The van der Waals surface area contributed by atoms with Crippen molar-refractivity contribution in [3.8, 4) is 11.4 Å². The summed E-state index contributed by atoms with van der Waals surface area (Å²) < 4.78 is 1.64. The second-order valence-electron chi connectivity index (χ2n) is 4.77. The highest BCUT2D eigenvalue weighted by Gasteiger charge is 2.23. The van der Waals surface area contributed by atoms with E-state index in [4.69, 9.17) is 11.6 Å². The molecule has 0 bridgehead atoms. The zero-order valence-electron chi connectivity index (χ0n) is 10.4. The van der Waals surface area contributed by atoms with E-state index in [0.29, 0.717) is 0 Å². The van der Waals surface area contributed by atoms with Crippen LogP contribution in [0.4, 0.5) is 0 Å². The molecule has 0 fully saturated rings. The fourth-order valence-electron chi connectivity index (χ4n) is 2.70. The standard InChI is InChI=1S/C15H14ClNO2/c16-13-14(18)11-8-4-5-9-12(11)17(15(13)19)10-6-2-1-3-7-10/h1-3,6-7,18H,4-5,8-9H2. The van der Waals surface area contributed by atoms with E-state index in [1.807, 2.05) is 30.3 Å². The number of pyridine rings is 1. The van der Waals surface area contributed by atoms with Crippen molar-refractivity contribution in [1.82, 2.24) is 4.57 Å². The van der Waals surface area contributed by atoms with Gasteiger partial charge in [0.1, 0.15) is 10.8 Å². The number of halogens is 1. The molecule has 0 unspecified atom stereocenters. The lowest BCUT2D eigenvalue weighted by atomic mass is 9.94. The van der Waals surface area contributed by atoms with Crippen LogP contribution in [-0.2, 0) is 12.8 Å². The van der Waals surface area contributed by atoms with Crippen LogP contribution in [0.1, 0.15) is 24.1 Å². The van der Waals surface area contributed by atoms with Crippen molar-refractivity contribution in [3.05, 3.63) is 57.0 Å². The van der Waals surface area contributed by atoms with Crippen molar-refractivity contribution in [2.75, 3.05) is 0 Å². The molecule has 0 saturated carbocycles. The maximum atomic E-state index is 12.3. The highest BCUT2D eigenvalue weighted by Crippen LogP contribution is 2.33. The van der Waals surface area contributed by atoms with Crippen LogP contribution in [0.25, 0.3) is 5.69 Å². The number of hydrogen-bond donors (Lipinski definition) is 1. The van der Waals surface area contributed by atoms with E-state index in [0.717, 1.165) is 42.6 Å². The van der Waals surface area contributed by atoms with Crippen molar-refractivity contribution in [3.63, 3.8) is 0 Å². The minimum Gasteiger partial charge on any atom is -0.506 e. The highest BCUT2D eigenvalue weighted by atomic mass is 35.5. The Hall–Kier alpha value is -1.74. The van der Waals surface area contributed by atoms with Crippen molar-refractivity contribution < 1.29 is 5.11 Å². The lowest BCUT2D eigenvalue weighted by molar-refractivity contribution is 0.456. The van der Waals surface area contributed by atoms with Crippen LogP contribution in [0, 0.1) is 0 Å². The average Bonchev–Trinajstić information content (AvgIpc) is 2.46. The van der Waals surface area contributed by atoms with Gasteiger partial charge in [0.15, 0.2) is 0 Å². The predicted octanol–water partition coefficient (Wildman–Crippen LogP) is 3.08. The number of nitrogens with zero attached hydrogens (tertiary/aromatic N) is 1. The van der Waals surface area contributed by atoms with Crippen LogP contribution in [0.15, 0.2) is 35.1 Å². The quantitative estimate of drug-likeness (QED) is 0.869. The van der Waals surface area contributed by atoms with Crippen LogP contribution in [0.3, 0.4) is 0 Å². The molecule has 1 N–H and O–H groups in total. The summed E-state index contributed by atoms with van der Waals surface area (Å²) in [7, 11) is 0. The monoisotopic (exact) mass is 275 g/mol. The Morgan fingerprint density at radius 3 is 2.53 bits per heavy atom. The van der Waals surface area contributed by atoms with Crippen LogP contribution in [0.5, 0.6) is 5.75 Å². The van der Waals surface area contributed by atoms with Gasteiger partial charge in [-0.25, -0.2) is 0 Å². The number of rotatable bonds is 1. The van der Waals surface area contributed by atoms with Gasteiger partial charge >= 0.3 is 0 Å². The van der Waals surface area contributed by atoms with Gasteiger partial charge < -0.3 is 5.11 Å². The Balaban J connectivity index is 2.36. The van der Waals surface area contributed by atoms with Crippen LogP contribution in [0.2, 0.25) is 5.02 Å². The molecule has 0 saturated heterocycles. The third kappa shape index (κ3) is 1.94. The lowest BCUT2D eigenvalue weighted by Crippen LogP contribution is -2.26. The Morgan fingerprint density at radius 1 is 1.11 bits per heavy atom. The van der Waals surface area contributed by atoms with Gasteiger partial charge in [-0.15, -0.1) is 0 Å². The second kappa shape index (κ2) is 4.74. The summed E-state index contributed by atoms with van der Waals surface area (Å²) in [6.45, 7) is 0. The van der Waals surface area contributed by atoms with Gasteiger partial charge in [0, 0.05) is 16.9 Å². The van der Waals surface area contributed by atoms with Gasteiger partial charge in [-0.1, -0.05) is 29.8 Å². The molecule has 1 aromatic heterocycles. The Bertz CT molecular complexity index is 677. The lowest BCUT2D eigenvalue weighted by Gasteiger charge is -2.22. The topological polar surface area (TPSA) is 42.2 Å². The summed E-state index contributed by atoms with van der Waals surface area (Å²) in [5, 5.41) is 9.97. The summed E-state index contributed by atoms with van der Waals surface area (Å²) in [4.78, 5) is 12.3. The molecule has 0 aliphatic heterocycles. The van der Waals surface area contributed by atoms with Crippen LogP contribution in [-0.4, -0.2) is 9.67 Å². The van der Waals surface area contributed by atoms with Gasteiger partial charge in [-0.3, -0.25) is 9.36 Å². The molecule has 98 valence electrons. The molecular weight excluding hydrogens is 262 g/mol. The van der Waals surface area contributed by atoms with E-state index in [-0.39, 0.29) is 16.3 Å². The molecule has 3 nitrogen and oxygen atoms in total. The van der Waals surface area contributed by atoms with E-state index in [9.17, 15) is 9.90 Å². The number of aromatic hydroxyl groups is 1. The normalized spacial score (nSPS) is 14.2. The van der Waals surface area contributed by atoms with Crippen LogP contribution >= 0.6 is 11.6 Å². The van der Waals surface area contributed by atoms with Crippen molar-refractivity contribution in [2.24, 2.45) is 0 Å². The summed E-state index contributed by atoms with van der Waals surface area (Å²) in [6, 6.07) is 9.44. The Kier molecular flexibility index (Phi) is 3.07. The molecular formula is C15H14ClNO2. The fraction of sp³-hybridized carbons (Fsp3) is 0.267. The van der Waals surface area contributed by atoms with Gasteiger partial charge in [-0.2, -0.15) is 0 Å². The molecule has 4 heteroatoms. The molecule has 0 spiro atoms. The third-order valence-electron chi connectivity index (χ3n) is 3.61. The van der Waals surface area contributed by atoms with E-state index >= 15 is 0 Å². The van der Waals surface area contributed by atoms with E-state index < -0.39 is 0 Å². The number of hydrogen-bond acceptors (Lipinski definition) is 2. The molecule has 1 aromatic carbocycles. The van der Waals surface area contributed by atoms with E-state index in [2.05, 4.69) is 0 Å². The summed E-state index contributed by atoms with van der Waals surface area (Å²) in [5.74, 6) is -0.0338. The van der Waals surface area contributed by atoms with E-state index in [1.54, 1.807) is 4.57 Å². The van der Waals surface area contributed by atoms with Gasteiger partial charge in [-0.05, 0) is 37.8 Å². The molecule has 19 heavy (non-hydrogen) atoms. The number of para-hydroxylation sites is 1. The first-order valence-electron chi connectivity index (χ1n) is 6.41. The van der Waals surface area contributed by atoms with Crippen molar-refractivity contribution in [2.45, 2.75) is 25.7 Å². The zero-order chi connectivity index (χ0) is 13.4. The zero-order valence-corrected chi connectivity index (χ0v) is 11.2. The maximum Gasteiger partial charge on any atom is 0.277 e. The first-order valence-corrected chi connectivity index (χ1v) is 6.78. The SMILES string of the molecule is O=c1c(Cl)c(O)c2c(n1-c1ccccc1)CCCC2. The summed E-state index contributed by atoms with van der Waals surface area (Å²) in [6.07, 6.45) is 3.61. The smallest absolute Gasteiger partial charge is 0.277 e. The number of fused-ring (bicyclic) bond motifs is 1. The minimum atomic E-state index is -0.342. The largest absolute Gasteiger partial charge is 0.506 e. The summed E-state index contributed by atoms with van der Waals surface area (Å²) >= 11 is 5.99. The van der Waals surface area contributed by atoms with Crippen LogP contribution < -0.4 is 5.56 Å². The van der Waals surface area contributed by atoms with Gasteiger partial charge in [0.05, 0.1) is 0 Å². The van der Waals surface area contributed by atoms with Gasteiger partial charge in [0.25, 0.3) is 5.56 Å².